The molecule has 30 heavy (non-hydrogen) atoms. The van der Waals surface area contributed by atoms with Crippen LogP contribution in [0.5, 0.6) is 0 Å². The van der Waals surface area contributed by atoms with E-state index >= 15 is 0 Å². The zero-order chi connectivity index (χ0) is 21.3. The van der Waals surface area contributed by atoms with Crippen LogP contribution in [-0.2, 0) is 23.0 Å². The number of sulfonamides is 1. The number of hydrogen-bond donors (Lipinski definition) is 1. The van der Waals surface area contributed by atoms with Crippen LogP contribution in [0.25, 0.3) is 0 Å². The number of rotatable bonds is 6. The Labute approximate surface area is 184 Å². The molecule has 1 aliphatic heterocycles. The van der Waals surface area contributed by atoms with Crippen LogP contribution in [0.2, 0.25) is 0 Å². The van der Waals surface area contributed by atoms with Gasteiger partial charge in [-0.15, -0.1) is 0 Å². The predicted molar refractivity (Wildman–Crippen MR) is 121 cm³/mol. The zero-order valence-corrected chi connectivity index (χ0v) is 18.9. The first kappa shape index (κ1) is 21.1. The molecule has 2 aromatic carbocycles. The third-order valence-electron chi connectivity index (χ3n) is 5.93. The maximum atomic E-state index is 12.7. The first-order chi connectivity index (χ1) is 14.3. The molecule has 7 nitrogen and oxygen atoms in total. The highest BCUT2D eigenvalue weighted by Crippen LogP contribution is 2.34. The lowest BCUT2D eigenvalue weighted by Gasteiger charge is -2.23. The second-order valence-corrected chi connectivity index (χ2v) is 10.8. The number of nitro groups is 1. The van der Waals surface area contributed by atoms with E-state index in [1.54, 1.807) is 12.1 Å². The van der Waals surface area contributed by atoms with Gasteiger partial charge in [-0.3, -0.25) is 14.8 Å². The molecule has 0 bridgehead atoms. The average molecular weight is 494 g/mol. The van der Waals surface area contributed by atoms with Crippen LogP contribution in [0.15, 0.2) is 40.9 Å². The monoisotopic (exact) mass is 493 g/mol. The molecular formula is C21H24BrN3O4S. The van der Waals surface area contributed by atoms with Gasteiger partial charge in [-0.05, 0) is 55.2 Å². The number of benzene rings is 2. The van der Waals surface area contributed by atoms with Crippen LogP contribution < -0.4 is 9.62 Å². The first-order valence-electron chi connectivity index (χ1n) is 10.2. The molecule has 1 heterocycles. The largest absolute Gasteiger partial charge is 0.366 e. The minimum atomic E-state index is -3.38. The molecular weight excluding hydrogens is 470 g/mol. The van der Waals surface area contributed by atoms with Crippen molar-refractivity contribution in [1.82, 2.24) is 0 Å². The molecule has 160 valence electrons. The summed E-state index contributed by atoms with van der Waals surface area (Å²) in [5, 5.41) is 11.1. The number of nitrogens with one attached hydrogen (secondary N) is 1. The zero-order valence-electron chi connectivity index (χ0n) is 16.5. The van der Waals surface area contributed by atoms with Crippen LogP contribution in [0, 0.1) is 10.1 Å². The van der Waals surface area contributed by atoms with E-state index in [0.717, 1.165) is 56.3 Å². The van der Waals surface area contributed by atoms with Gasteiger partial charge in [0.25, 0.3) is 5.69 Å². The van der Waals surface area contributed by atoms with Gasteiger partial charge in [-0.25, -0.2) is 8.42 Å². The maximum Gasteiger partial charge on any atom is 0.275 e. The van der Waals surface area contributed by atoms with Crippen molar-refractivity contribution in [3.8, 4) is 0 Å². The van der Waals surface area contributed by atoms with E-state index in [0.29, 0.717) is 22.3 Å². The van der Waals surface area contributed by atoms with E-state index in [2.05, 4.69) is 25.6 Å². The van der Waals surface area contributed by atoms with Crippen molar-refractivity contribution in [2.75, 3.05) is 16.2 Å². The lowest BCUT2D eigenvalue weighted by Crippen LogP contribution is -2.29. The first-order valence-corrected chi connectivity index (χ1v) is 12.5. The van der Waals surface area contributed by atoms with Crippen molar-refractivity contribution in [1.29, 1.82) is 0 Å². The Kier molecular flexibility index (Phi) is 6.02. The van der Waals surface area contributed by atoms with E-state index < -0.39 is 10.0 Å². The Morgan fingerprint density at radius 1 is 1.13 bits per heavy atom. The van der Waals surface area contributed by atoms with Gasteiger partial charge < -0.3 is 4.90 Å². The molecule has 2 aromatic rings. The normalized spacial score (nSPS) is 17.0. The molecule has 0 aromatic heterocycles. The van der Waals surface area contributed by atoms with E-state index in [1.807, 2.05) is 18.2 Å². The molecule has 0 atom stereocenters. The van der Waals surface area contributed by atoms with Crippen LogP contribution in [0.1, 0.15) is 43.2 Å². The minimum absolute atomic E-state index is 0.0923. The number of halogens is 1. The third kappa shape index (κ3) is 4.46. The molecule has 1 saturated carbocycles. The molecule has 0 amide bonds. The fraction of sp³-hybridized carbons (Fsp3) is 0.429. The lowest BCUT2D eigenvalue weighted by atomic mass is 10.0. The SMILES string of the molecule is O=[N+]([O-])c1cc(Br)ccc1CN1CCc2cc(NS(=O)(=O)C3CCCCC3)ccc21. The standard InChI is InChI=1S/C21H24BrN3O4S/c22-17-7-6-16(21(13-17)25(26)27)14-24-11-10-15-12-18(8-9-20(15)24)23-30(28,29)19-4-2-1-3-5-19/h6-9,12-13,19,23H,1-5,10-11,14H2. The van der Waals surface area contributed by atoms with Gasteiger partial charge in [0.15, 0.2) is 0 Å². The molecule has 0 unspecified atom stereocenters. The van der Waals surface area contributed by atoms with Crippen molar-refractivity contribution < 1.29 is 13.3 Å². The molecule has 1 N–H and O–H groups in total. The number of hydrogen-bond acceptors (Lipinski definition) is 5. The van der Waals surface area contributed by atoms with E-state index in [1.165, 1.54) is 6.07 Å². The molecule has 0 radical (unpaired) electrons. The Morgan fingerprint density at radius 3 is 2.63 bits per heavy atom. The fourth-order valence-electron chi connectivity index (χ4n) is 4.37. The second kappa shape index (κ2) is 8.55. The van der Waals surface area contributed by atoms with Gasteiger partial charge in [-0.2, -0.15) is 0 Å². The van der Waals surface area contributed by atoms with Crippen LogP contribution in [0.3, 0.4) is 0 Å². The summed E-state index contributed by atoms with van der Waals surface area (Å²) in [7, 11) is -3.38. The van der Waals surface area contributed by atoms with Crippen LogP contribution in [0.4, 0.5) is 17.1 Å². The Balaban J connectivity index is 1.51. The maximum absolute atomic E-state index is 12.7. The fourth-order valence-corrected chi connectivity index (χ4v) is 6.29. The van der Waals surface area contributed by atoms with Gasteiger partial charge in [0.1, 0.15) is 0 Å². The topological polar surface area (TPSA) is 92.6 Å². The highest BCUT2D eigenvalue weighted by molar-refractivity contribution is 9.10. The van der Waals surface area contributed by atoms with Crippen molar-refractivity contribution in [2.45, 2.75) is 50.3 Å². The summed E-state index contributed by atoms with van der Waals surface area (Å²) in [5.74, 6) is 0. The van der Waals surface area contributed by atoms with E-state index in [-0.39, 0.29) is 15.9 Å². The summed E-state index contributed by atoms with van der Waals surface area (Å²) in [6.45, 7) is 1.17. The molecule has 1 fully saturated rings. The number of nitro benzene ring substituents is 1. The molecule has 4 rings (SSSR count). The summed E-state index contributed by atoms with van der Waals surface area (Å²) in [4.78, 5) is 13.1. The highest BCUT2D eigenvalue weighted by atomic mass is 79.9. The van der Waals surface area contributed by atoms with E-state index in [4.69, 9.17) is 0 Å². The van der Waals surface area contributed by atoms with E-state index in [9.17, 15) is 18.5 Å². The summed E-state index contributed by atoms with van der Waals surface area (Å²) < 4.78 is 28.8. The van der Waals surface area contributed by atoms with Crippen molar-refractivity contribution in [3.05, 3.63) is 62.1 Å². The lowest BCUT2D eigenvalue weighted by molar-refractivity contribution is -0.385. The Hall–Kier alpha value is -2.13. The van der Waals surface area contributed by atoms with Crippen molar-refractivity contribution in [2.24, 2.45) is 0 Å². The summed E-state index contributed by atoms with van der Waals surface area (Å²) in [6, 6.07) is 10.7. The van der Waals surface area contributed by atoms with Crippen molar-refractivity contribution >= 4 is 43.0 Å². The number of anilines is 2. The van der Waals surface area contributed by atoms with Crippen LogP contribution >= 0.6 is 15.9 Å². The van der Waals surface area contributed by atoms with Gasteiger partial charge in [0, 0.05) is 40.6 Å². The van der Waals surface area contributed by atoms with Crippen LogP contribution in [-0.4, -0.2) is 25.1 Å². The summed E-state index contributed by atoms with van der Waals surface area (Å²) >= 11 is 3.29. The number of nitrogens with zero attached hydrogens (tertiary/aromatic N) is 2. The molecule has 1 aliphatic carbocycles. The van der Waals surface area contributed by atoms with Gasteiger partial charge in [-0.1, -0.05) is 35.2 Å². The Morgan fingerprint density at radius 2 is 1.90 bits per heavy atom. The number of fused-ring (bicyclic) bond motifs is 1. The highest BCUT2D eigenvalue weighted by Gasteiger charge is 2.28. The van der Waals surface area contributed by atoms with Gasteiger partial charge in [0.05, 0.1) is 10.2 Å². The summed E-state index contributed by atoms with van der Waals surface area (Å²) in [6.07, 6.45) is 5.26. The minimum Gasteiger partial charge on any atom is -0.366 e. The predicted octanol–water partition coefficient (Wildman–Crippen LogP) is 4.99. The van der Waals surface area contributed by atoms with Gasteiger partial charge in [0.2, 0.25) is 10.0 Å². The molecule has 0 spiro atoms. The van der Waals surface area contributed by atoms with Crippen molar-refractivity contribution in [3.63, 3.8) is 0 Å². The van der Waals surface area contributed by atoms with Gasteiger partial charge >= 0.3 is 0 Å². The molecule has 9 heteroatoms. The quantitative estimate of drug-likeness (QED) is 0.451. The Bertz CT molecular complexity index is 1070. The smallest absolute Gasteiger partial charge is 0.275 e. The summed E-state index contributed by atoms with van der Waals surface area (Å²) in [5.41, 5.74) is 3.38. The third-order valence-corrected chi connectivity index (χ3v) is 8.29. The average Bonchev–Trinajstić information content (AvgIpc) is 3.11. The second-order valence-electron chi connectivity index (χ2n) is 7.95. The molecule has 0 saturated heterocycles. The molecule has 2 aliphatic rings.